The lowest BCUT2D eigenvalue weighted by Crippen LogP contribution is -2.11. The zero-order valence-electron chi connectivity index (χ0n) is 10.9. The van der Waals surface area contributed by atoms with Crippen LogP contribution in [0.5, 0.6) is 5.88 Å². The minimum atomic E-state index is -0.537. The van der Waals surface area contributed by atoms with Crippen LogP contribution in [-0.4, -0.2) is 42.3 Å². The minimum absolute atomic E-state index is 0.00306. The van der Waals surface area contributed by atoms with Crippen LogP contribution >= 0.6 is 0 Å². The molecular formula is C11H16N4O4. The highest BCUT2D eigenvalue weighted by molar-refractivity contribution is 5.61. The molecule has 19 heavy (non-hydrogen) atoms. The Morgan fingerprint density at radius 2 is 2.16 bits per heavy atom. The van der Waals surface area contributed by atoms with Gasteiger partial charge >= 0.3 is 5.69 Å². The minimum Gasteiger partial charge on any atom is -0.470 e. The van der Waals surface area contributed by atoms with Gasteiger partial charge in [-0.05, 0) is 12.8 Å². The standard InChI is InChI=1S/C11H16N4O4/c1-12-10-8(15(16)17)11(19-6-5-18-2)14-9(13-10)7-3-4-7/h7H,3-6H2,1-2H3,(H,12,13,14). The molecule has 1 aromatic rings. The summed E-state index contributed by atoms with van der Waals surface area (Å²) in [6, 6.07) is 0. The summed E-state index contributed by atoms with van der Waals surface area (Å²) in [6.07, 6.45) is 2.02. The van der Waals surface area contributed by atoms with E-state index in [-0.39, 0.29) is 29.9 Å². The highest BCUT2D eigenvalue weighted by atomic mass is 16.6. The van der Waals surface area contributed by atoms with Crippen molar-refractivity contribution in [3.63, 3.8) is 0 Å². The van der Waals surface area contributed by atoms with E-state index in [1.54, 1.807) is 7.05 Å². The lowest BCUT2D eigenvalue weighted by Gasteiger charge is -2.09. The molecular weight excluding hydrogens is 252 g/mol. The van der Waals surface area contributed by atoms with Gasteiger partial charge in [-0.25, -0.2) is 4.98 Å². The predicted molar refractivity (Wildman–Crippen MR) is 67.6 cm³/mol. The summed E-state index contributed by atoms with van der Waals surface area (Å²) >= 11 is 0. The molecule has 0 atom stereocenters. The second kappa shape index (κ2) is 5.79. The number of hydrogen-bond acceptors (Lipinski definition) is 7. The van der Waals surface area contributed by atoms with Crippen LogP contribution in [-0.2, 0) is 4.74 Å². The normalized spacial score (nSPS) is 14.2. The van der Waals surface area contributed by atoms with Gasteiger partial charge in [-0.1, -0.05) is 0 Å². The molecule has 0 bridgehead atoms. The van der Waals surface area contributed by atoms with Crippen molar-refractivity contribution in [1.82, 2.24) is 9.97 Å². The molecule has 0 radical (unpaired) electrons. The second-order valence-electron chi connectivity index (χ2n) is 4.21. The smallest absolute Gasteiger partial charge is 0.372 e. The molecule has 0 spiro atoms. The third kappa shape index (κ3) is 3.08. The summed E-state index contributed by atoms with van der Waals surface area (Å²) in [5.74, 6) is 1.08. The van der Waals surface area contributed by atoms with Gasteiger partial charge in [0.1, 0.15) is 12.4 Å². The number of nitrogens with zero attached hydrogens (tertiary/aromatic N) is 3. The predicted octanol–water partition coefficient (Wildman–Crippen LogP) is 1.33. The van der Waals surface area contributed by atoms with Crippen molar-refractivity contribution >= 4 is 11.5 Å². The number of ether oxygens (including phenoxy) is 2. The van der Waals surface area contributed by atoms with Crippen molar-refractivity contribution in [3.05, 3.63) is 15.9 Å². The first kappa shape index (κ1) is 13.5. The number of hydrogen-bond donors (Lipinski definition) is 1. The van der Waals surface area contributed by atoms with Gasteiger partial charge in [0.15, 0.2) is 0 Å². The molecule has 1 aromatic heterocycles. The third-order valence-electron chi connectivity index (χ3n) is 2.76. The van der Waals surface area contributed by atoms with Crippen molar-refractivity contribution < 1.29 is 14.4 Å². The summed E-state index contributed by atoms with van der Waals surface area (Å²) in [7, 11) is 3.12. The van der Waals surface area contributed by atoms with Crippen LogP contribution in [0.3, 0.4) is 0 Å². The van der Waals surface area contributed by atoms with E-state index in [0.717, 1.165) is 12.8 Å². The van der Waals surface area contributed by atoms with Crippen molar-refractivity contribution in [3.8, 4) is 5.88 Å². The zero-order chi connectivity index (χ0) is 13.8. The molecule has 0 amide bonds. The first-order chi connectivity index (χ1) is 9.17. The van der Waals surface area contributed by atoms with Gasteiger partial charge in [0.05, 0.1) is 11.5 Å². The van der Waals surface area contributed by atoms with E-state index in [2.05, 4.69) is 15.3 Å². The lowest BCUT2D eigenvalue weighted by atomic mass is 10.3. The molecule has 0 aliphatic heterocycles. The van der Waals surface area contributed by atoms with Gasteiger partial charge in [-0.15, -0.1) is 0 Å². The molecule has 1 heterocycles. The fourth-order valence-corrected chi connectivity index (χ4v) is 1.64. The molecule has 1 saturated carbocycles. The molecule has 1 fully saturated rings. The Balaban J connectivity index is 2.34. The van der Waals surface area contributed by atoms with Gasteiger partial charge in [-0.3, -0.25) is 10.1 Å². The van der Waals surface area contributed by atoms with Gasteiger partial charge in [0, 0.05) is 20.1 Å². The molecule has 1 aliphatic rings. The maximum Gasteiger partial charge on any atom is 0.372 e. The molecule has 0 unspecified atom stereocenters. The van der Waals surface area contributed by atoms with E-state index in [0.29, 0.717) is 12.4 Å². The summed E-state index contributed by atoms with van der Waals surface area (Å²) in [6.45, 7) is 0.552. The topological polar surface area (TPSA) is 99.4 Å². The number of rotatable bonds is 7. The average molecular weight is 268 g/mol. The SMILES string of the molecule is CNc1nc(C2CC2)nc(OCCOC)c1[N+](=O)[O-]. The van der Waals surface area contributed by atoms with Crippen LogP contribution in [0.1, 0.15) is 24.6 Å². The Bertz CT molecular complexity index is 476. The number of aromatic nitrogens is 2. The second-order valence-corrected chi connectivity index (χ2v) is 4.21. The number of methoxy groups -OCH3 is 1. The Kier molecular flexibility index (Phi) is 4.10. The monoisotopic (exact) mass is 268 g/mol. The summed E-state index contributed by atoms with van der Waals surface area (Å²) in [5, 5.41) is 13.8. The number of anilines is 1. The van der Waals surface area contributed by atoms with Gasteiger partial charge in [0.25, 0.3) is 5.88 Å². The fourth-order valence-electron chi connectivity index (χ4n) is 1.64. The van der Waals surface area contributed by atoms with E-state index in [9.17, 15) is 10.1 Å². The molecule has 104 valence electrons. The Morgan fingerprint density at radius 1 is 1.42 bits per heavy atom. The van der Waals surface area contributed by atoms with Crippen molar-refractivity contribution in [2.45, 2.75) is 18.8 Å². The largest absolute Gasteiger partial charge is 0.470 e. The maximum atomic E-state index is 11.1. The average Bonchev–Trinajstić information content (AvgIpc) is 3.22. The van der Waals surface area contributed by atoms with Gasteiger partial charge < -0.3 is 14.8 Å². The molecule has 8 heteroatoms. The highest BCUT2D eigenvalue weighted by Crippen LogP contribution is 2.41. The van der Waals surface area contributed by atoms with Crippen LogP contribution in [0.2, 0.25) is 0 Å². The van der Waals surface area contributed by atoms with Gasteiger partial charge in [0.2, 0.25) is 5.82 Å². The molecule has 0 aromatic carbocycles. The van der Waals surface area contributed by atoms with E-state index in [1.807, 2.05) is 0 Å². The maximum absolute atomic E-state index is 11.1. The van der Waals surface area contributed by atoms with Crippen LogP contribution in [0, 0.1) is 10.1 Å². The number of nitrogens with one attached hydrogen (secondary N) is 1. The van der Waals surface area contributed by atoms with Crippen LogP contribution in [0.25, 0.3) is 0 Å². The van der Waals surface area contributed by atoms with E-state index >= 15 is 0 Å². The summed E-state index contributed by atoms with van der Waals surface area (Å²) < 4.78 is 10.2. The molecule has 1 aliphatic carbocycles. The van der Waals surface area contributed by atoms with E-state index in [1.165, 1.54) is 7.11 Å². The quantitative estimate of drug-likeness (QED) is 0.452. The molecule has 0 saturated heterocycles. The van der Waals surface area contributed by atoms with Crippen molar-refractivity contribution in [1.29, 1.82) is 0 Å². The zero-order valence-corrected chi connectivity index (χ0v) is 10.9. The van der Waals surface area contributed by atoms with Crippen LogP contribution in [0.15, 0.2) is 0 Å². The van der Waals surface area contributed by atoms with Crippen molar-refractivity contribution in [2.75, 3.05) is 32.7 Å². The third-order valence-corrected chi connectivity index (χ3v) is 2.76. The Hall–Kier alpha value is -1.96. The lowest BCUT2D eigenvalue weighted by molar-refractivity contribution is -0.385. The Morgan fingerprint density at radius 3 is 2.68 bits per heavy atom. The molecule has 8 nitrogen and oxygen atoms in total. The fraction of sp³-hybridized carbons (Fsp3) is 0.636. The first-order valence-corrected chi connectivity index (χ1v) is 6.03. The Labute approximate surface area is 110 Å². The summed E-state index contributed by atoms with van der Waals surface area (Å²) in [4.78, 5) is 18.9. The van der Waals surface area contributed by atoms with E-state index < -0.39 is 4.92 Å². The number of nitro groups is 1. The van der Waals surface area contributed by atoms with Crippen LogP contribution in [0.4, 0.5) is 11.5 Å². The highest BCUT2D eigenvalue weighted by Gasteiger charge is 2.32. The summed E-state index contributed by atoms with van der Waals surface area (Å²) in [5.41, 5.74) is -0.233. The van der Waals surface area contributed by atoms with Gasteiger partial charge in [-0.2, -0.15) is 4.98 Å². The first-order valence-electron chi connectivity index (χ1n) is 6.03. The van der Waals surface area contributed by atoms with E-state index in [4.69, 9.17) is 9.47 Å². The molecule has 2 rings (SSSR count). The van der Waals surface area contributed by atoms with Crippen LogP contribution < -0.4 is 10.1 Å². The van der Waals surface area contributed by atoms with Crippen molar-refractivity contribution in [2.24, 2.45) is 0 Å². The molecule has 1 N–H and O–H groups in total.